The highest BCUT2D eigenvalue weighted by molar-refractivity contribution is 7.89. The van der Waals surface area contributed by atoms with Crippen LogP contribution in [0.1, 0.15) is 50.4 Å². The lowest BCUT2D eigenvalue weighted by molar-refractivity contribution is 0.0943. The first-order valence-electron chi connectivity index (χ1n) is 10.6. The Morgan fingerprint density at radius 1 is 0.970 bits per heavy atom. The first-order chi connectivity index (χ1) is 15.8. The summed E-state index contributed by atoms with van der Waals surface area (Å²) in [4.78, 5) is 25.3. The molecule has 0 bridgehead atoms. The molecule has 2 aromatic carbocycles. The van der Waals surface area contributed by atoms with Crippen LogP contribution in [0.2, 0.25) is 0 Å². The Morgan fingerprint density at radius 2 is 1.76 bits per heavy atom. The van der Waals surface area contributed by atoms with Gasteiger partial charge in [0.05, 0.1) is 17.7 Å². The van der Waals surface area contributed by atoms with Gasteiger partial charge in [-0.1, -0.05) is 18.2 Å². The maximum absolute atomic E-state index is 12.8. The molecule has 9 heteroatoms. The van der Waals surface area contributed by atoms with E-state index in [9.17, 15) is 18.0 Å². The van der Waals surface area contributed by atoms with Gasteiger partial charge in [-0.3, -0.25) is 9.59 Å². The molecule has 3 N–H and O–H groups in total. The first-order valence-corrected chi connectivity index (χ1v) is 12.1. The number of amides is 2. The van der Waals surface area contributed by atoms with E-state index in [-0.39, 0.29) is 35.8 Å². The van der Waals surface area contributed by atoms with Gasteiger partial charge in [-0.25, -0.2) is 13.1 Å². The molecule has 1 heterocycles. The van der Waals surface area contributed by atoms with Crippen LogP contribution in [0.25, 0.3) is 0 Å². The van der Waals surface area contributed by atoms with Crippen LogP contribution >= 0.6 is 0 Å². The number of furan rings is 1. The van der Waals surface area contributed by atoms with Crippen molar-refractivity contribution in [3.63, 3.8) is 0 Å². The third-order valence-electron chi connectivity index (χ3n) is 5.31. The Bertz CT molecular complexity index is 1270. The minimum Gasteiger partial charge on any atom is -0.467 e. The second-order valence-corrected chi connectivity index (χ2v) is 9.73. The zero-order chi connectivity index (χ0) is 23.4. The fraction of sp³-hybridized carbons (Fsp3) is 0.250. The molecule has 0 radical (unpaired) electrons. The molecule has 1 fully saturated rings. The minimum atomic E-state index is -3.66. The van der Waals surface area contributed by atoms with Gasteiger partial charge in [-0.05, 0) is 67.3 Å². The van der Waals surface area contributed by atoms with Gasteiger partial charge in [0.1, 0.15) is 5.76 Å². The fourth-order valence-corrected chi connectivity index (χ4v) is 4.62. The molecule has 1 aliphatic rings. The average molecular weight is 468 g/mol. The molecule has 1 aromatic heterocycles. The molecule has 0 aliphatic heterocycles. The van der Waals surface area contributed by atoms with Crippen molar-refractivity contribution < 1.29 is 22.4 Å². The molecular formula is C24H25N3O5S. The Labute approximate surface area is 192 Å². The van der Waals surface area contributed by atoms with Crippen LogP contribution in [0.3, 0.4) is 0 Å². The van der Waals surface area contributed by atoms with Crippen molar-refractivity contribution >= 4 is 21.8 Å². The normalized spacial score (nSPS) is 13.5. The van der Waals surface area contributed by atoms with E-state index in [1.165, 1.54) is 12.1 Å². The van der Waals surface area contributed by atoms with Crippen molar-refractivity contribution in [3.8, 4) is 0 Å². The lowest BCUT2D eigenvalue weighted by Crippen LogP contribution is -2.27. The molecular weight excluding hydrogens is 442 g/mol. The van der Waals surface area contributed by atoms with Gasteiger partial charge >= 0.3 is 0 Å². The second-order valence-electron chi connectivity index (χ2n) is 8.02. The predicted molar refractivity (Wildman–Crippen MR) is 122 cm³/mol. The summed E-state index contributed by atoms with van der Waals surface area (Å²) in [5.74, 6) is 0.0128. The molecule has 4 rings (SSSR count). The number of hydrogen-bond acceptors (Lipinski definition) is 5. The van der Waals surface area contributed by atoms with E-state index < -0.39 is 10.0 Å². The van der Waals surface area contributed by atoms with E-state index in [0.29, 0.717) is 22.5 Å². The molecule has 1 aliphatic carbocycles. The molecule has 1 saturated carbocycles. The fourth-order valence-electron chi connectivity index (χ4n) is 3.28. The number of sulfonamides is 1. The average Bonchev–Trinajstić information content (AvgIpc) is 3.44. The molecule has 33 heavy (non-hydrogen) atoms. The second kappa shape index (κ2) is 9.60. The Balaban J connectivity index is 1.40. The van der Waals surface area contributed by atoms with Crippen LogP contribution in [0, 0.1) is 6.92 Å². The van der Waals surface area contributed by atoms with E-state index >= 15 is 0 Å². The molecule has 0 spiro atoms. The van der Waals surface area contributed by atoms with Gasteiger partial charge in [0.25, 0.3) is 11.8 Å². The third-order valence-corrected chi connectivity index (χ3v) is 6.83. The number of nitrogens with one attached hydrogen (secondary N) is 3. The zero-order valence-corrected chi connectivity index (χ0v) is 18.9. The van der Waals surface area contributed by atoms with E-state index in [1.54, 1.807) is 55.7 Å². The van der Waals surface area contributed by atoms with Gasteiger partial charge in [-0.2, -0.15) is 0 Å². The van der Waals surface area contributed by atoms with Crippen LogP contribution in [0.5, 0.6) is 0 Å². The zero-order valence-electron chi connectivity index (χ0n) is 18.1. The van der Waals surface area contributed by atoms with Crippen molar-refractivity contribution in [2.75, 3.05) is 0 Å². The largest absolute Gasteiger partial charge is 0.467 e. The van der Waals surface area contributed by atoms with E-state index in [2.05, 4.69) is 15.4 Å². The van der Waals surface area contributed by atoms with Crippen LogP contribution < -0.4 is 15.4 Å². The number of benzene rings is 2. The maximum atomic E-state index is 12.8. The standard InChI is InChI=1S/C24H25N3O5S/c1-16-7-10-21(33(30,31)27-19-8-9-19)13-22(16)24(29)25-14-17-4-2-5-18(12-17)23(28)26-15-20-6-3-11-32-20/h2-7,10-13,19,27H,8-9,14-15H2,1H3,(H,25,29)(H,26,28). The highest BCUT2D eigenvalue weighted by atomic mass is 32.2. The Kier molecular flexibility index (Phi) is 6.62. The maximum Gasteiger partial charge on any atom is 0.251 e. The summed E-state index contributed by atoms with van der Waals surface area (Å²) in [7, 11) is -3.66. The summed E-state index contributed by atoms with van der Waals surface area (Å²) in [5, 5.41) is 5.59. The summed E-state index contributed by atoms with van der Waals surface area (Å²) in [6, 6.07) is 15.0. The van der Waals surface area contributed by atoms with Crippen molar-refractivity contribution in [1.82, 2.24) is 15.4 Å². The first kappa shape index (κ1) is 22.8. The van der Waals surface area contributed by atoms with Crippen molar-refractivity contribution in [2.45, 2.75) is 43.8 Å². The van der Waals surface area contributed by atoms with Gasteiger partial charge in [0.15, 0.2) is 0 Å². The van der Waals surface area contributed by atoms with Crippen LogP contribution in [0.15, 0.2) is 70.2 Å². The summed E-state index contributed by atoms with van der Waals surface area (Å²) >= 11 is 0. The van der Waals surface area contributed by atoms with Gasteiger partial charge in [0.2, 0.25) is 10.0 Å². The number of carbonyl (C=O) groups is 2. The highest BCUT2D eigenvalue weighted by Gasteiger charge is 2.28. The number of carbonyl (C=O) groups excluding carboxylic acids is 2. The Morgan fingerprint density at radius 3 is 2.48 bits per heavy atom. The summed E-state index contributed by atoms with van der Waals surface area (Å²) in [6.07, 6.45) is 3.21. The number of hydrogen-bond donors (Lipinski definition) is 3. The van der Waals surface area contributed by atoms with E-state index in [0.717, 1.165) is 18.4 Å². The molecule has 0 saturated heterocycles. The van der Waals surface area contributed by atoms with Crippen molar-refractivity contribution in [2.24, 2.45) is 0 Å². The SMILES string of the molecule is Cc1ccc(S(=O)(=O)NC2CC2)cc1C(=O)NCc1cccc(C(=O)NCc2ccco2)c1. The minimum absolute atomic E-state index is 0.0165. The monoisotopic (exact) mass is 467 g/mol. The van der Waals surface area contributed by atoms with Gasteiger partial charge < -0.3 is 15.1 Å². The number of rotatable bonds is 9. The molecule has 8 nitrogen and oxygen atoms in total. The number of aryl methyl sites for hydroxylation is 1. The molecule has 0 atom stereocenters. The molecule has 3 aromatic rings. The molecule has 2 amide bonds. The van der Waals surface area contributed by atoms with Crippen LogP contribution in [-0.2, 0) is 23.1 Å². The summed E-state index contributed by atoms with van der Waals surface area (Å²) in [5.41, 5.74) is 2.17. The lowest BCUT2D eigenvalue weighted by atomic mass is 10.1. The topological polar surface area (TPSA) is 118 Å². The van der Waals surface area contributed by atoms with E-state index in [1.807, 2.05) is 0 Å². The van der Waals surface area contributed by atoms with Crippen LogP contribution in [0.4, 0.5) is 0 Å². The quantitative estimate of drug-likeness (QED) is 0.447. The van der Waals surface area contributed by atoms with E-state index in [4.69, 9.17) is 4.42 Å². The van der Waals surface area contributed by atoms with Gasteiger partial charge in [-0.15, -0.1) is 0 Å². The molecule has 0 unspecified atom stereocenters. The smallest absolute Gasteiger partial charge is 0.251 e. The Hall–Kier alpha value is -3.43. The highest BCUT2D eigenvalue weighted by Crippen LogP contribution is 2.23. The van der Waals surface area contributed by atoms with Crippen molar-refractivity contribution in [1.29, 1.82) is 0 Å². The lowest BCUT2D eigenvalue weighted by Gasteiger charge is -2.11. The van der Waals surface area contributed by atoms with Gasteiger partial charge in [0, 0.05) is 23.7 Å². The van der Waals surface area contributed by atoms with Crippen LogP contribution in [-0.4, -0.2) is 26.3 Å². The molecule has 172 valence electrons. The summed E-state index contributed by atoms with van der Waals surface area (Å²) in [6.45, 7) is 2.22. The predicted octanol–water partition coefficient (Wildman–Crippen LogP) is 2.89. The summed E-state index contributed by atoms with van der Waals surface area (Å²) < 4.78 is 32.8. The third kappa shape index (κ3) is 5.88. The van der Waals surface area contributed by atoms with Crippen molar-refractivity contribution in [3.05, 3.63) is 88.9 Å².